The number of ether oxygens (including phenoxy) is 2. The van der Waals surface area contributed by atoms with E-state index in [0.717, 1.165) is 22.1 Å². The minimum Gasteiger partial charge on any atom is -0.490 e. The first-order chi connectivity index (χ1) is 17.4. The summed E-state index contributed by atoms with van der Waals surface area (Å²) >= 11 is 0. The van der Waals surface area contributed by atoms with Crippen molar-refractivity contribution in [3.63, 3.8) is 0 Å². The monoisotopic (exact) mass is 481 g/mol. The van der Waals surface area contributed by atoms with Crippen LogP contribution < -0.4 is 4.74 Å². The van der Waals surface area contributed by atoms with Crippen LogP contribution in [0.2, 0.25) is 0 Å². The van der Waals surface area contributed by atoms with Gasteiger partial charge in [0.1, 0.15) is 36.4 Å². The molecule has 1 heterocycles. The molecule has 4 rings (SSSR count). The Bertz CT molecular complexity index is 1470. The minimum absolute atomic E-state index is 0.0748. The van der Waals surface area contributed by atoms with Gasteiger partial charge in [0.15, 0.2) is 0 Å². The lowest BCUT2D eigenvalue weighted by Crippen LogP contribution is -2.16. The summed E-state index contributed by atoms with van der Waals surface area (Å²) in [7, 11) is 0. The molecule has 6 heteroatoms. The second kappa shape index (κ2) is 11.3. The molecule has 0 bridgehead atoms. The number of hydrogen-bond acceptors (Lipinski definition) is 4. The molecule has 1 N–H and O–H groups in total. The standard InChI is InChI=1S/C30H24FNO4/c1-3-15-35-29(19-36-28-14-7-20(2)16-26(28)30(33)34)23-6-4-5-21(17-23)8-12-25-13-10-22-9-11-24(31)18-27(22)32-25/h1,4-14,16-18,29H,15,19H2,2H3,(H,33,34)/b12-8+. The van der Waals surface area contributed by atoms with Gasteiger partial charge in [-0.3, -0.25) is 0 Å². The normalized spacial score (nSPS) is 11.9. The van der Waals surface area contributed by atoms with Crippen molar-refractivity contribution in [2.75, 3.05) is 13.2 Å². The Morgan fingerprint density at radius 3 is 2.75 bits per heavy atom. The Labute approximate surface area is 208 Å². The molecule has 0 spiro atoms. The quantitative estimate of drug-likeness (QED) is 0.283. The largest absolute Gasteiger partial charge is 0.490 e. The van der Waals surface area contributed by atoms with Crippen LogP contribution >= 0.6 is 0 Å². The fourth-order valence-electron chi connectivity index (χ4n) is 3.74. The second-order valence-electron chi connectivity index (χ2n) is 8.20. The average molecular weight is 482 g/mol. The van der Waals surface area contributed by atoms with E-state index in [1.54, 1.807) is 24.3 Å². The lowest BCUT2D eigenvalue weighted by atomic mass is 10.1. The van der Waals surface area contributed by atoms with Crippen molar-refractivity contribution in [2.24, 2.45) is 0 Å². The predicted octanol–water partition coefficient (Wildman–Crippen LogP) is 6.32. The number of fused-ring (bicyclic) bond motifs is 1. The van der Waals surface area contributed by atoms with Gasteiger partial charge in [-0.05, 0) is 60.5 Å². The molecule has 0 aliphatic rings. The summed E-state index contributed by atoms with van der Waals surface area (Å²) in [6.07, 6.45) is 8.63. The Balaban J connectivity index is 1.54. The summed E-state index contributed by atoms with van der Waals surface area (Å²) in [4.78, 5) is 16.1. The zero-order valence-electron chi connectivity index (χ0n) is 19.6. The Kier molecular flexibility index (Phi) is 7.74. The summed E-state index contributed by atoms with van der Waals surface area (Å²) in [5.74, 6) is 1.33. The van der Waals surface area contributed by atoms with Crippen molar-refractivity contribution < 1.29 is 23.8 Å². The van der Waals surface area contributed by atoms with Crippen LogP contribution in [0.5, 0.6) is 5.75 Å². The number of pyridine rings is 1. The van der Waals surface area contributed by atoms with Crippen molar-refractivity contribution in [3.8, 4) is 18.1 Å². The number of carbonyl (C=O) groups is 1. The van der Waals surface area contributed by atoms with Gasteiger partial charge in [0, 0.05) is 11.5 Å². The molecule has 0 aliphatic heterocycles. The Morgan fingerprint density at radius 1 is 1.11 bits per heavy atom. The number of nitrogens with zero attached hydrogens (tertiary/aromatic N) is 1. The van der Waals surface area contributed by atoms with Crippen molar-refractivity contribution in [2.45, 2.75) is 13.0 Å². The van der Waals surface area contributed by atoms with Crippen LogP contribution in [0, 0.1) is 25.1 Å². The summed E-state index contributed by atoms with van der Waals surface area (Å²) < 4.78 is 25.2. The van der Waals surface area contributed by atoms with E-state index in [1.807, 2.05) is 55.5 Å². The summed E-state index contributed by atoms with van der Waals surface area (Å²) in [5.41, 5.74) is 3.91. The summed E-state index contributed by atoms with van der Waals surface area (Å²) in [5, 5.41) is 10.4. The molecule has 1 aromatic heterocycles. The van der Waals surface area contributed by atoms with Gasteiger partial charge in [-0.25, -0.2) is 14.2 Å². The first-order valence-corrected chi connectivity index (χ1v) is 11.3. The van der Waals surface area contributed by atoms with Crippen LogP contribution in [-0.2, 0) is 4.74 Å². The van der Waals surface area contributed by atoms with Crippen molar-refractivity contribution in [3.05, 3.63) is 107 Å². The Hall–Kier alpha value is -4.47. The Morgan fingerprint density at radius 2 is 1.94 bits per heavy atom. The van der Waals surface area contributed by atoms with Gasteiger partial charge in [-0.1, -0.05) is 47.9 Å². The maximum atomic E-state index is 13.6. The minimum atomic E-state index is -1.06. The number of benzene rings is 3. The van der Waals surface area contributed by atoms with E-state index in [2.05, 4.69) is 10.9 Å². The number of hydrogen-bond donors (Lipinski definition) is 1. The highest BCUT2D eigenvalue weighted by molar-refractivity contribution is 5.91. The first-order valence-electron chi connectivity index (χ1n) is 11.3. The van der Waals surface area contributed by atoms with Gasteiger partial charge >= 0.3 is 5.97 Å². The molecule has 1 unspecified atom stereocenters. The van der Waals surface area contributed by atoms with Gasteiger partial charge in [0.2, 0.25) is 0 Å². The fourth-order valence-corrected chi connectivity index (χ4v) is 3.74. The molecule has 0 aliphatic carbocycles. The molecule has 4 aromatic rings. The number of aryl methyl sites for hydroxylation is 1. The number of carboxylic acids is 1. The van der Waals surface area contributed by atoms with Crippen LogP contribution in [0.1, 0.15) is 38.8 Å². The molecule has 0 saturated carbocycles. The molecular formula is C30H24FNO4. The van der Waals surface area contributed by atoms with Gasteiger partial charge in [0.05, 0.1) is 11.2 Å². The van der Waals surface area contributed by atoms with Gasteiger partial charge in [0.25, 0.3) is 0 Å². The van der Waals surface area contributed by atoms with E-state index >= 15 is 0 Å². The highest BCUT2D eigenvalue weighted by atomic mass is 19.1. The molecule has 0 radical (unpaired) electrons. The number of carboxylic acid groups (broad SMARTS) is 1. The van der Waals surface area contributed by atoms with E-state index in [1.165, 1.54) is 12.1 Å². The van der Waals surface area contributed by atoms with Crippen molar-refractivity contribution in [1.82, 2.24) is 4.98 Å². The molecule has 0 fully saturated rings. The zero-order valence-corrected chi connectivity index (χ0v) is 19.6. The fraction of sp³-hybridized carbons (Fsp3) is 0.133. The third kappa shape index (κ3) is 6.15. The maximum absolute atomic E-state index is 13.6. The van der Waals surface area contributed by atoms with Crippen molar-refractivity contribution >= 4 is 29.0 Å². The lowest BCUT2D eigenvalue weighted by molar-refractivity contribution is 0.0375. The molecule has 5 nitrogen and oxygen atoms in total. The van der Waals surface area contributed by atoms with Crippen molar-refractivity contribution in [1.29, 1.82) is 0 Å². The number of rotatable bonds is 9. The van der Waals surface area contributed by atoms with Crippen LogP contribution in [0.3, 0.4) is 0 Å². The maximum Gasteiger partial charge on any atom is 0.339 e. The summed E-state index contributed by atoms with van der Waals surface area (Å²) in [6.45, 7) is 1.97. The second-order valence-corrected chi connectivity index (χ2v) is 8.20. The van der Waals surface area contributed by atoms with Gasteiger partial charge < -0.3 is 14.6 Å². The predicted molar refractivity (Wildman–Crippen MR) is 138 cm³/mol. The third-order valence-corrected chi connectivity index (χ3v) is 5.53. The van der Waals surface area contributed by atoms with E-state index in [-0.39, 0.29) is 30.3 Å². The molecule has 36 heavy (non-hydrogen) atoms. The highest BCUT2D eigenvalue weighted by Crippen LogP contribution is 2.25. The molecule has 1 atom stereocenters. The number of terminal acetylenes is 1. The highest BCUT2D eigenvalue weighted by Gasteiger charge is 2.17. The molecular weight excluding hydrogens is 457 g/mol. The number of aromatic carboxylic acids is 1. The zero-order chi connectivity index (χ0) is 25.5. The summed E-state index contributed by atoms with van der Waals surface area (Å²) in [6, 6.07) is 20.9. The lowest BCUT2D eigenvalue weighted by Gasteiger charge is -2.19. The first kappa shape index (κ1) is 24.6. The number of aromatic nitrogens is 1. The van der Waals surface area contributed by atoms with Crippen LogP contribution in [0.15, 0.2) is 72.8 Å². The van der Waals surface area contributed by atoms with E-state index in [9.17, 15) is 14.3 Å². The molecule has 0 saturated heterocycles. The average Bonchev–Trinajstić information content (AvgIpc) is 2.88. The van der Waals surface area contributed by atoms with E-state index in [0.29, 0.717) is 11.2 Å². The SMILES string of the molecule is C#CCOC(COc1ccc(C)cc1C(=O)O)c1cccc(/C=C/c2ccc3ccc(F)cc3n2)c1. The molecule has 180 valence electrons. The van der Waals surface area contributed by atoms with Gasteiger partial charge in [-0.15, -0.1) is 6.42 Å². The molecule has 0 amide bonds. The van der Waals surface area contributed by atoms with Gasteiger partial charge in [-0.2, -0.15) is 0 Å². The van der Waals surface area contributed by atoms with Crippen LogP contribution in [0.4, 0.5) is 4.39 Å². The van der Waals surface area contributed by atoms with E-state index < -0.39 is 12.1 Å². The number of halogens is 1. The van der Waals surface area contributed by atoms with Crippen LogP contribution in [-0.4, -0.2) is 29.3 Å². The van der Waals surface area contributed by atoms with E-state index in [4.69, 9.17) is 15.9 Å². The topological polar surface area (TPSA) is 68.7 Å². The molecule has 3 aromatic carbocycles. The smallest absolute Gasteiger partial charge is 0.339 e. The third-order valence-electron chi connectivity index (χ3n) is 5.53. The van der Waals surface area contributed by atoms with Crippen LogP contribution in [0.25, 0.3) is 23.1 Å².